The number of carbonyl (C=O) groups excluding carboxylic acids is 1. The van der Waals surface area contributed by atoms with Crippen molar-refractivity contribution < 1.29 is 18.7 Å². The molecule has 1 rings (SSSR count). The van der Waals surface area contributed by atoms with Crippen LogP contribution in [0, 0.1) is 11.6 Å². The lowest BCUT2D eigenvalue weighted by atomic mass is 10.1. The molecule has 0 heterocycles. The van der Waals surface area contributed by atoms with E-state index in [4.69, 9.17) is 10.8 Å². The maximum Gasteiger partial charge on any atom is 0.239 e. The van der Waals surface area contributed by atoms with Gasteiger partial charge in [-0.2, -0.15) is 0 Å². The molecule has 0 aromatic heterocycles. The highest BCUT2D eigenvalue weighted by atomic mass is 19.2. The van der Waals surface area contributed by atoms with Crippen LogP contribution in [-0.2, 0) is 11.2 Å². The fourth-order valence-corrected chi connectivity index (χ4v) is 1.24. The molecule has 0 bridgehead atoms. The number of hydrogen-bond acceptors (Lipinski definition) is 3. The lowest BCUT2D eigenvalue weighted by Gasteiger charge is -2.09. The van der Waals surface area contributed by atoms with Crippen molar-refractivity contribution in [3.05, 3.63) is 35.4 Å². The monoisotopic (exact) mass is 244 g/mol. The summed E-state index contributed by atoms with van der Waals surface area (Å²) < 4.78 is 25.4. The maximum absolute atomic E-state index is 12.8. The van der Waals surface area contributed by atoms with E-state index >= 15 is 0 Å². The SMILES string of the molecule is NC(CO)C(=O)NCCc1ccc(F)c(F)c1. The van der Waals surface area contributed by atoms with Crippen molar-refractivity contribution >= 4 is 5.91 Å². The zero-order chi connectivity index (χ0) is 12.8. The van der Waals surface area contributed by atoms with E-state index in [1.165, 1.54) is 6.07 Å². The van der Waals surface area contributed by atoms with Gasteiger partial charge in [0, 0.05) is 6.54 Å². The van der Waals surface area contributed by atoms with Crippen LogP contribution in [-0.4, -0.2) is 30.2 Å². The van der Waals surface area contributed by atoms with Gasteiger partial charge in [0.25, 0.3) is 0 Å². The van der Waals surface area contributed by atoms with Gasteiger partial charge in [0.15, 0.2) is 11.6 Å². The highest BCUT2D eigenvalue weighted by Crippen LogP contribution is 2.08. The second-order valence-corrected chi connectivity index (χ2v) is 3.58. The van der Waals surface area contributed by atoms with Gasteiger partial charge in [0.05, 0.1) is 6.61 Å². The van der Waals surface area contributed by atoms with Crippen LogP contribution >= 0.6 is 0 Å². The van der Waals surface area contributed by atoms with Crippen LogP contribution in [0.5, 0.6) is 0 Å². The first kappa shape index (κ1) is 13.5. The molecule has 1 unspecified atom stereocenters. The number of benzene rings is 1. The zero-order valence-corrected chi connectivity index (χ0v) is 9.12. The van der Waals surface area contributed by atoms with Crippen LogP contribution in [0.2, 0.25) is 0 Å². The molecule has 17 heavy (non-hydrogen) atoms. The van der Waals surface area contributed by atoms with Gasteiger partial charge >= 0.3 is 0 Å². The second kappa shape index (κ2) is 6.27. The van der Waals surface area contributed by atoms with Gasteiger partial charge in [-0.05, 0) is 24.1 Å². The van der Waals surface area contributed by atoms with Gasteiger partial charge in [-0.25, -0.2) is 8.78 Å². The highest BCUT2D eigenvalue weighted by molar-refractivity contribution is 5.81. The third-order valence-electron chi connectivity index (χ3n) is 2.23. The summed E-state index contributed by atoms with van der Waals surface area (Å²) in [6.45, 7) is -0.186. The second-order valence-electron chi connectivity index (χ2n) is 3.58. The number of aliphatic hydroxyl groups excluding tert-OH is 1. The summed E-state index contributed by atoms with van der Waals surface area (Å²) >= 11 is 0. The Bertz CT molecular complexity index is 399. The summed E-state index contributed by atoms with van der Waals surface area (Å²) in [5.74, 6) is -2.30. The van der Waals surface area contributed by atoms with Crippen LogP contribution in [0.3, 0.4) is 0 Å². The van der Waals surface area contributed by atoms with E-state index in [-0.39, 0.29) is 6.54 Å². The minimum atomic E-state index is -0.958. The van der Waals surface area contributed by atoms with Crippen molar-refractivity contribution in [3.8, 4) is 0 Å². The molecule has 0 fully saturated rings. The van der Waals surface area contributed by atoms with Gasteiger partial charge in [-0.1, -0.05) is 6.07 Å². The van der Waals surface area contributed by atoms with Gasteiger partial charge in [-0.3, -0.25) is 4.79 Å². The molecule has 1 amide bonds. The molecule has 1 aromatic carbocycles. The molecule has 0 saturated heterocycles. The summed E-state index contributed by atoms with van der Waals surface area (Å²) in [5, 5.41) is 11.1. The summed E-state index contributed by atoms with van der Waals surface area (Å²) in [7, 11) is 0. The standard InChI is InChI=1S/C11H14F2N2O2/c12-8-2-1-7(5-9(8)13)3-4-15-11(17)10(14)6-16/h1-2,5,10,16H,3-4,6,14H2,(H,15,17). The van der Waals surface area contributed by atoms with Gasteiger partial charge in [0.2, 0.25) is 5.91 Å². The first-order valence-electron chi connectivity index (χ1n) is 5.12. The fraction of sp³-hybridized carbons (Fsp3) is 0.364. The van der Waals surface area contributed by atoms with E-state index in [2.05, 4.69) is 5.32 Å². The molecule has 0 aliphatic rings. The summed E-state index contributed by atoms with van der Waals surface area (Å²) in [6.07, 6.45) is 0.362. The molecule has 1 aromatic rings. The summed E-state index contributed by atoms with van der Waals surface area (Å²) in [4.78, 5) is 11.2. The van der Waals surface area contributed by atoms with Crippen LogP contribution in [0.15, 0.2) is 18.2 Å². The van der Waals surface area contributed by atoms with Crippen LogP contribution in [0.25, 0.3) is 0 Å². The summed E-state index contributed by atoms with van der Waals surface area (Å²) in [6, 6.07) is 2.59. The molecule has 4 N–H and O–H groups in total. The molecular weight excluding hydrogens is 230 g/mol. The number of hydrogen-bond donors (Lipinski definition) is 3. The Balaban J connectivity index is 2.41. The van der Waals surface area contributed by atoms with Crippen LogP contribution in [0.4, 0.5) is 8.78 Å². The van der Waals surface area contributed by atoms with Gasteiger partial charge in [-0.15, -0.1) is 0 Å². The van der Waals surface area contributed by atoms with E-state index in [1.54, 1.807) is 0 Å². The molecule has 6 heteroatoms. The predicted molar refractivity (Wildman–Crippen MR) is 58.1 cm³/mol. The van der Waals surface area contributed by atoms with Crippen molar-refractivity contribution in [2.45, 2.75) is 12.5 Å². The first-order valence-corrected chi connectivity index (χ1v) is 5.12. The third-order valence-corrected chi connectivity index (χ3v) is 2.23. The highest BCUT2D eigenvalue weighted by Gasteiger charge is 2.10. The number of amides is 1. The molecule has 1 atom stereocenters. The Morgan fingerprint density at radius 1 is 1.41 bits per heavy atom. The van der Waals surface area contributed by atoms with Crippen molar-refractivity contribution in [2.24, 2.45) is 5.73 Å². The quantitative estimate of drug-likeness (QED) is 0.679. The number of nitrogens with one attached hydrogen (secondary N) is 1. The lowest BCUT2D eigenvalue weighted by molar-refractivity contribution is -0.123. The Morgan fingerprint density at radius 2 is 2.12 bits per heavy atom. The topological polar surface area (TPSA) is 75.3 Å². The van der Waals surface area contributed by atoms with Crippen LogP contribution < -0.4 is 11.1 Å². The molecule has 94 valence electrons. The lowest BCUT2D eigenvalue weighted by Crippen LogP contribution is -2.43. The molecule has 0 radical (unpaired) electrons. The predicted octanol–water partition coefficient (Wildman–Crippen LogP) is -0.0569. The van der Waals surface area contributed by atoms with Crippen molar-refractivity contribution in [1.29, 1.82) is 0 Å². The van der Waals surface area contributed by atoms with Crippen molar-refractivity contribution in [3.63, 3.8) is 0 Å². The minimum absolute atomic E-state index is 0.248. The van der Waals surface area contributed by atoms with E-state index < -0.39 is 30.2 Å². The van der Waals surface area contributed by atoms with E-state index in [9.17, 15) is 13.6 Å². The van der Waals surface area contributed by atoms with Crippen LogP contribution in [0.1, 0.15) is 5.56 Å². The fourth-order valence-electron chi connectivity index (χ4n) is 1.24. The Morgan fingerprint density at radius 3 is 2.71 bits per heavy atom. The summed E-state index contributed by atoms with van der Waals surface area (Å²) in [5.41, 5.74) is 5.84. The first-order chi connectivity index (χ1) is 8.04. The molecule has 0 aliphatic heterocycles. The molecule has 0 aliphatic carbocycles. The number of carbonyl (C=O) groups is 1. The number of halogens is 2. The molecular formula is C11H14F2N2O2. The van der Waals surface area contributed by atoms with Crippen molar-refractivity contribution in [1.82, 2.24) is 5.32 Å². The maximum atomic E-state index is 12.8. The Hall–Kier alpha value is -1.53. The number of aliphatic hydroxyl groups is 1. The Kier molecular flexibility index (Phi) is 4.99. The normalized spacial score (nSPS) is 12.2. The van der Waals surface area contributed by atoms with E-state index in [0.29, 0.717) is 12.0 Å². The van der Waals surface area contributed by atoms with Gasteiger partial charge in [0.1, 0.15) is 6.04 Å². The number of rotatable bonds is 5. The number of nitrogens with two attached hydrogens (primary N) is 1. The molecule has 0 spiro atoms. The van der Waals surface area contributed by atoms with Gasteiger partial charge < -0.3 is 16.2 Å². The van der Waals surface area contributed by atoms with E-state index in [0.717, 1.165) is 12.1 Å². The zero-order valence-electron chi connectivity index (χ0n) is 9.12. The largest absolute Gasteiger partial charge is 0.394 e. The average molecular weight is 244 g/mol. The molecule has 0 saturated carbocycles. The minimum Gasteiger partial charge on any atom is -0.394 e. The smallest absolute Gasteiger partial charge is 0.239 e. The molecule has 4 nitrogen and oxygen atoms in total. The van der Waals surface area contributed by atoms with E-state index in [1.807, 2.05) is 0 Å². The average Bonchev–Trinajstić information content (AvgIpc) is 2.32. The van der Waals surface area contributed by atoms with Crippen molar-refractivity contribution in [2.75, 3.05) is 13.2 Å². The Labute approximate surface area is 97.4 Å². The third kappa shape index (κ3) is 4.08.